The Balaban J connectivity index is 0. The number of rotatable bonds is 5. The van der Waals surface area contributed by atoms with Gasteiger partial charge in [0.25, 0.3) is 0 Å². The third-order valence-electron chi connectivity index (χ3n) is 1.97. The third kappa shape index (κ3) is 3.85. The second-order valence-electron chi connectivity index (χ2n) is 2.75. The van der Waals surface area contributed by atoms with E-state index < -0.39 is 0 Å². The van der Waals surface area contributed by atoms with Gasteiger partial charge in [0.2, 0.25) is 0 Å². The number of hydrogen-bond donors (Lipinski definition) is 1. The molecule has 10 heavy (non-hydrogen) atoms. The summed E-state index contributed by atoms with van der Waals surface area (Å²) >= 11 is 0. The maximum Gasteiger partial charge on any atom is 0.0189 e. The van der Waals surface area contributed by atoms with E-state index >= 15 is 0 Å². The van der Waals surface area contributed by atoms with Gasteiger partial charge in [0.15, 0.2) is 0 Å². The van der Waals surface area contributed by atoms with Crippen LogP contribution in [0.3, 0.4) is 0 Å². The van der Waals surface area contributed by atoms with Gasteiger partial charge >= 0.3 is 0 Å². The van der Waals surface area contributed by atoms with Gasteiger partial charge in [-0.15, -0.1) is 0 Å². The van der Waals surface area contributed by atoms with Crippen molar-refractivity contribution < 1.29 is 1.43 Å². The predicted molar refractivity (Wildman–Crippen MR) is 48.4 cm³/mol. The Bertz CT molecular complexity index is 74.5. The van der Waals surface area contributed by atoms with Crippen molar-refractivity contribution in [3.8, 4) is 0 Å². The van der Waals surface area contributed by atoms with E-state index in [-0.39, 0.29) is 1.43 Å². The molecule has 1 atom stereocenters. The van der Waals surface area contributed by atoms with Gasteiger partial charge in [-0.05, 0) is 27.1 Å². The standard InChI is InChI=1S/C8H20N2.H2/c1-5-8(9-3)7-10(4)6-2;/h8-9H,5-7H2,1-4H3;1H/t8-;/m0./s1. The summed E-state index contributed by atoms with van der Waals surface area (Å²) in [6, 6.07) is 0.657. The molecule has 0 aromatic carbocycles. The molecule has 2 nitrogen and oxygen atoms in total. The molecule has 0 saturated heterocycles. The van der Waals surface area contributed by atoms with Crippen LogP contribution in [-0.2, 0) is 0 Å². The summed E-state index contributed by atoms with van der Waals surface area (Å²) in [5, 5.41) is 3.28. The first kappa shape index (κ1) is 9.92. The molecular formula is C8H22N2. The lowest BCUT2D eigenvalue weighted by Gasteiger charge is -2.20. The molecule has 0 radical (unpaired) electrons. The van der Waals surface area contributed by atoms with Gasteiger partial charge in [-0.2, -0.15) is 0 Å². The molecule has 0 fully saturated rings. The van der Waals surface area contributed by atoms with Crippen LogP contribution in [0.4, 0.5) is 0 Å². The smallest absolute Gasteiger partial charge is 0.0189 e. The van der Waals surface area contributed by atoms with Crippen LogP contribution in [0, 0.1) is 0 Å². The van der Waals surface area contributed by atoms with Crippen LogP contribution in [0.1, 0.15) is 21.7 Å². The van der Waals surface area contributed by atoms with Gasteiger partial charge in [0.1, 0.15) is 0 Å². The number of nitrogens with one attached hydrogen (secondary N) is 1. The van der Waals surface area contributed by atoms with Gasteiger partial charge in [-0.25, -0.2) is 0 Å². The van der Waals surface area contributed by atoms with Crippen molar-refractivity contribution in [1.29, 1.82) is 0 Å². The van der Waals surface area contributed by atoms with E-state index in [4.69, 9.17) is 0 Å². The molecular weight excluding hydrogens is 124 g/mol. The maximum atomic E-state index is 3.28. The van der Waals surface area contributed by atoms with Crippen molar-refractivity contribution in [3.63, 3.8) is 0 Å². The summed E-state index contributed by atoms with van der Waals surface area (Å²) in [7, 11) is 4.18. The summed E-state index contributed by atoms with van der Waals surface area (Å²) in [6.45, 7) is 6.69. The molecule has 0 aliphatic rings. The predicted octanol–water partition coefficient (Wildman–Crippen LogP) is 1.18. The van der Waals surface area contributed by atoms with Crippen LogP contribution in [0.25, 0.3) is 0 Å². The molecule has 0 unspecified atom stereocenters. The average Bonchev–Trinajstić information content (AvgIpc) is 1.99. The normalized spacial score (nSPS) is 14.1. The zero-order chi connectivity index (χ0) is 7.98. The highest BCUT2D eigenvalue weighted by atomic mass is 15.1. The Kier molecular flexibility index (Phi) is 5.64. The van der Waals surface area contributed by atoms with Crippen molar-refractivity contribution in [1.82, 2.24) is 10.2 Å². The zero-order valence-corrected chi connectivity index (χ0v) is 7.65. The molecule has 0 amide bonds. The Morgan fingerprint density at radius 1 is 1.50 bits per heavy atom. The van der Waals surface area contributed by atoms with E-state index in [9.17, 15) is 0 Å². The first-order chi connectivity index (χ1) is 4.74. The molecule has 0 rings (SSSR count). The lowest BCUT2D eigenvalue weighted by Crippen LogP contribution is -2.36. The van der Waals surface area contributed by atoms with Crippen LogP contribution >= 0.6 is 0 Å². The van der Waals surface area contributed by atoms with E-state index in [1.807, 2.05) is 7.05 Å². The minimum atomic E-state index is 0. The first-order valence-electron chi connectivity index (χ1n) is 4.10. The van der Waals surface area contributed by atoms with Gasteiger partial charge in [-0.1, -0.05) is 13.8 Å². The molecule has 0 heterocycles. The van der Waals surface area contributed by atoms with E-state index in [1.54, 1.807) is 0 Å². The Hall–Kier alpha value is -0.0800. The minimum Gasteiger partial charge on any atom is -0.316 e. The second kappa shape index (κ2) is 5.69. The average molecular weight is 146 g/mol. The van der Waals surface area contributed by atoms with Crippen molar-refractivity contribution in [2.75, 3.05) is 27.2 Å². The molecule has 0 saturated carbocycles. The van der Waals surface area contributed by atoms with Crippen LogP contribution < -0.4 is 5.32 Å². The molecule has 0 aliphatic heterocycles. The monoisotopic (exact) mass is 146 g/mol. The number of hydrogen-bond acceptors (Lipinski definition) is 2. The first-order valence-corrected chi connectivity index (χ1v) is 4.10. The van der Waals surface area contributed by atoms with Crippen molar-refractivity contribution in [2.45, 2.75) is 26.3 Å². The highest BCUT2D eigenvalue weighted by Crippen LogP contribution is 1.92. The Morgan fingerprint density at radius 3 is 2.40 bits per heavy atom. The summed E-state index contributed by atoms with van der Waals surface area (Å²) in [5.74, 6) is 0. The quantitative estimate of drug-likeness (QED) is 0.626. The summed E-state index contributed by atoms with van der Waals surface area (Å²) in [6.07, 6.45) is 1.21. The molecule has 64 valence electrons. The number of nitrogens with zero attached hydrogens (tertiary/aromatic N) is 1. The Morgan fingerprint density at radius 2 is 2.10 bits per heavy atom. The van der Waals surface area contributed by atoms with E-state index in [1.165, 1.54) is 6.42 Å². The summed E-state index contributed by atoms with van der Waals surface area (Å²) < 4.78 is 0. The van der Waals surface area contributed by atoms with Crippen LogP contribution in [0.2, 0.25) is 0 Å². The molecule has 0 aromatic rings. The molecule has 2 heteroatoms. The lowest BCUT2D eigenvalue weighted by molar-refractivity contribution is 0.304. The fourth-order valence-corrected chi connectivity index (χ4v) is 0.930. The lowest BCUT2D eigenvalue weighted by atomic mass is 10.2. The highest BCUT2D eigenvalue weighted by molar-refractivity contribution is 4.65. The zero-order valence-electron chi connectivity index (χ0n) is 7.65. The maximum absolute atomic E-state index is 3.28. The van der Waals surface area contributed by atoms with Gasteiger partial charge < -0.3 is 10.2 Å². The van der Waals surface area contributed by atoms with Gasteiger partial charge in [-0.3, -0.25) is 0 Å². The SMILES string of the molecule is CC[C@@H](CN(C)CC)NC.[HH]. The molecule has 1 N–H and O–H groups in total. The minimum absolute atomic E-state index is 0. The third-order valence-corrected chi connectivity index (χ3v) is 1.97. The molecule has 0 aromatic heterocycles. The van der Waals surface area contributed by atoms with Crippen molar-refractivity contribution >= 4 is 0 Å². The van der Waals surface area contributed by atoms with Crippen molar-refractivity contribution in [3.05, 3.63) is 0 Å². The van der Waals surface area contributed by atoms with Crippen LogP contribution in [0.15, 0.2) is 0 Å². The van der Waals surface area contributed by atoms with Crippen LogP contribution in [-0.4, -0.2) is 38.1 Å². The number of likely N-dealkylation sites (N-methyl/N-ethyl adjacent to an activating group) is 2. The molecule has 0 spiro atoms. The fourth-order valence-electron chi connectivity index (χ4n) is 0.930. The summed E-state index contributed by atoms with van der Waals surface area (Å²) in [5.41, 5.74) is 0. The second-order valence-corrected chi connectivity index (χ2v) is 2.75. The van der Waals surface area contributed by atoms with Crippen LogP contribution in [0.5, 0.6) is 0 Å². The highest BCUT2D eigenvalue weighted by Gasteiger charge is 2.03. The van der Waals surface area contributed by atoms with E-state index in [0.29, 0.717) is 6.04 Å². The van der Waals surface area contributed by atoms with Crippen molar-refractivity contribution in [2.24, 2.45) is 0 Å². The van der Waals surface area contributed by atoms with Gasteiger partial charge in [0, 0.05) is 14.0 Å². The van der Waals surface area contributed by atoms with E-state index in [2.05, 4.69) is 31.1 Å². The van der Waals surface area contributed by atoms with E-state index in [0.717, 1.165) is 13.1 Å². The molecule has 0 aliphatic carbocycles. The summed E-state index contributed by atoms with van der Waals surface area (Å²) in [4.78, 5) is 2.32. The van der Waals surface area contributed by atoms with Gasteiger partial charge in [0.05, 0.1) is 0 Å². The Labute approximate surface area is 66.1 Å². The topological polar surface area (TPSA) is 15.3 Å². The largest absolute Gasteiger partial charge is 0.316 e. The fraction of sp³-hybridized carbons (Fsp3) is 1.00. The molecule has 0 bridgehead atoms.